The van der Waals surface area contributed by atoms with Crippen LogP contribution in [0.1, 0.15) is 12.0 Å². The number of nitrogens with zero attached hydrogens (tertiary/aromatic N) is 2. The molecule has 0 aromatic heterocycles. The molecule has 0 radical (unpaired) electrons. The summed E-state index contributed by atoms with van der Waals surface area (Å²) in [6, 6.07) is 6.43. The van der Waals surface area contributed by atoms with Gasteiger partial charge in [0.15, 0.2) is 0 Å². The van der Waals surface area contributed by atoms with Crippen LogP contribution < -0.4 is 10.6 Å². The van der Waals surface area contributed by atoms with E-state index in [-0.39, 0.29) is 0 Å². The van der Waals surface area contributed by atoms with Crippen LogP contribution in [-0.2, 0) is 6.54 Å². The fraction of sp³-hybridized carbons (Fsp3) is 0.571. The Labute approximate surface area is 118 Å². The Morgan fingerprint density at radius 1 is 1.50 bits per heavy atom. The first-order chi connectivity index (χ1) is 8.60. The Morgan fingerprint density at radius 3 is 2.83 bits per heavy atom. The van der Waals surface area contributed by atoms with Crippen molar-refractivity contribution < 1.29 is 0 Å². The van der Waals surface area contributed by atoms with Gasteiger partial charge in [-0.1, -0.05) is 22.0 Å². The van der Waals surface area contributed by atoms with Crippen molar-refractivity contribution in [1.82, 2.24) is 4.90 Å². The molecule has 1 atom stereocenters. The average Bonchev–Trinajstić information content (AvgIpc) is 2.74. The number of anilines is 1. The molecule has 1 saturated heterocycles. The Hall–Kier alpha value is -0.580. The summed E-state index contributed by atoms with van der Waals surface area (Å²) in [6.45, 7) is 4.15. The van der Waals surface area contributed by atoms with Crippen molar-refractivity contribution in [1.29, 1.82) is 0 Å². The van der Waals surface area contributed by atoms with Gasteiger partial charge in [-0.15, -0.1) is 0 Å². The van der Waals surface area contributed by atoms with Crippen molar-refractivity contribution in [2.75, 3.05) is 38.6 Å². The molecule has 1 aliphatic rings. The lowest BCUT2D eigenvalue weighted by Crippen LogP contribution is -2.27. The minimum absolute atomic E-state index is 0.581. The van der Waals surface area contributed by atoms with E-state index in [9.17, 15) is 0 Å². The molecule has 18 heavy (non-hydrogen) atoms. The van der Waals surface area contributed by atoms with E-state index >= 15 is 0 Å². The maximum Gasteiger partial charge on any atom is 0.0375 e. The number of benzene rings is 1. The van der Waals surface area contributed by atoms with E-state index in [1.165, 1.54) is 25.2 Å². The van der Waals surface area contributed by atoms with Gasteiger partial charge in [0.25, 0.3) is 0 Å². The van der Waals surface area contributed by atoms with Gasteiger partial charge >= 0.3 is 0 Å². The highest BCUT2D eigenvalue weighted by Crippen LogP contribution is 2.25. The van der Waals surface area contributed by atoms with E-state index < -0.39 is 0 Å². The zero-order valence-electron chi connectivity index (χ0n) is 11.2. The third-order valence-corrected chi connectivity index (χ3v) is 4.46. The third-order valence-electron chi connectivity index (χ3n) is 3.72. The summed E-state index contributed by atoms with van der Waals surface area (Å²) >= 11 is 3.58. The molecular weight excluding hydrogens is 290 g/mol. The quantitative estimate of drug-likeness (QED) is 0.926. The van der Waals surface area contributed by atoms with Gasteiger partial charge in [-0.25, -0.2) is 0 Å². The number of nitrogens with two attached hydrogens (primary N) is 1. The van der Waals surface area contributed by atoms with E-state index in [1.54, 1.807) is 0 Å². The van der Waals surface area contributed by atoms with Crippen LogP contribution in [0.15, 0.2) is 22.7 Å². The Kier molecular flexibility index (Phi) is 4.65. The molecule has 1 heterocycles. The van der Waals surface area contributed by atoms with E-state index in [0.717, 1.165) is 22.5 Å². The number of halogens is 1. The first-order valence-electron chi connectivity index (χ1n) is 6.48. The standard InChI is InChI=1S/C14H22BrN3/c1-17-6-5-11(9-17)10-18(2)13-4-3-12(8-16)14(15)7-13/h3-4,7,11H,5-6,8-10,16H2,1-2H3. The zero-order valence-corrected chi connectivity index (χ0v) is 12.8. The predicted molar refractivity (Wildman–Crippen MR) is 80.9 cm³/mol. The molecule has 1 unspecified atom stereocenters. The lowest BCUT2D eigenvalue weighted by Gasteiger charge is -2.23. The molecule has 3 nitrogen and oxygen atoms in total. The highest BCUT2D eigenvalue weighted by atomic mass is 79.9. The fourth-order valence-corrected chi connectivity index (χ4v) is 3.14. The van der Waals surface area contributed by atoms with Crippen molar-refractivity contribution in [3.05, 3.63) is 28.2 Å². The van der Waals surface area contributed by atoms with E-state index in [4.69, 9.17) is 5.73 Å². The van der Waals surface area contributed by atoms with Crippen molar-refractivity contribution in [3.8, 4) is 0 Å². The second-order valence-corrected chi connectivity index (χ2v) is 6.13. The van der Waals surface area contributed by atoms with E-state index in [1.807, 2.05) is 0 Å². The van der Waals surface area contributed by atoms with Crippen LogP contribution in [0.4, 0.5) is 5.69 Å². The molecule has 0 amide bonds. The molecule has 2 N–H and O–H groups in total. The first-order valence-corrected chi connectivity index (χ1v) is 7.27. The molecule has 0 spiro atoms. The highest BCUT2D eigenvalue weighted by molar-refractivity contribution is 9.10. The average molecular weight is 312 g/mol. The normalized spacial score (nSPS) is 20.3. The molecule has 1 aliphatic heterocycles. The van der Waals surface area contributed by atoms with Crippen molar-refractivity contribution in [2.24, 2.45) is 11.7 Å². The van der Waals surface area contributed by atoms with Gasteiger partial charge in [0.1, 0.15) is 0 Å². The number of likely N-dealkylation sites (tertiary alicyclic amines) is 1. The monoisotopic (exact) mass is 311 g/mol. The summed E-state index contributed by atoms with van der Waals surface area (Å²) < 4.78 is 1.11. The van der Waals surface area contributed by atoms with E-state index in [2.05, 4.69) is 58.0 Å². The Bertz CT molecular complexity index is 408. The summed E-state index contributed by atoms with van der Waals surface area (Å²) in [5.41, 5.74) is 8.09. The lowest BCUT2D eigenvalue weighted by molar-refractivity contribution is 0.396. The van der Waals surface area contributed by atoms with Crippen LogP contribution in [0.5, 0.6) is 0 Å². The van der Waals surface area contributed by atoms with Gasteiger partial charge in [0.2, 0.25) is 0 Å². The second kappa shape index (κ2) is 6.04. The molecular formula is C14H22BrN3. The minimum atomic E-state index is 0.581. The van der Waals surface area contributed by atoms with Crippen molar-refractivity contribution in [3.63, 3.8) is 0 Å². The summed E-state index contributed by atoms with van der Waals surface area (Å²) in [7, 11) is 4.37. The Balaban J connectivity index is 2.00. The topological polar surface area (TPSA) is 32.5 Å². The van der Waals surface area contributed by atoms with Crippen molar-refractivity contribution in [2.45, 2.75) is 13.0 Å². The van der Waals surface area contributed by atoms with Crippen LogP contribution in [0.2, 0.25) is 0 Å². The molecule has 2 rings (SSSR count). The molecule has 0 aliphatic carbocycles. The van der Waals surface area contributed by atoms with Gasteiger partial charge in [0, 0.05) is 36.8 Å². The second-order valence-electron chi connectivity index (χ2n) is 5.28. The van der Waals surface area contributed by atoms with E-state index in [0.29, 0.717) is 6.54 Å². The van der Waals surface area contributed by atoms with Gasteiger partial charge in [-0.2, -0.15) is 0 Å². The minimum Gasteiger partial charge on any atom is -0.374 e. The van der Waals surface area contributed by atoms with Crippen molar-refractivity contribution >= 4 is 21.6 Å². The van der Waals surface area contributed by atoms with Gasteiger partial charge < -0.3 is 15.5 Å². The molecule has 1 aromatic carbocycles. The van der Waals surface area contributed by atoms with Crippen LogP contribution in [0.3, 0.4) is 0 Å². The Morgan fingerprint density at radius 2 is 2.28 bits per heavy atom. The number of hydrogen-bond acceptors (Lipinski definition) is 3. The molecule has 0 bridgehead atoms. The van der Waals surface area contributed by atoms with Crippen LogP contribution in [-0.4, -0.2) is 38.6 Å². The zero-order chi connectivity index (χ0) is 13.1. The number of rotatable bonds is 4. The summed E-state index contributed by atoms with van der Waals surface area (Å²) in [4.78, 5) is 4.75. The van der Waals surface area contributed by atoms with Crippen LogP contribution >= 0.6 is 15.9 Å². The summed E-state index contributed by atoms with van der Waals surface area (Å²) in [5, 5.41) is 0. The van der Waals surface area contributed by atoms with Crippen LogP contribution in [0.25, 0.3) is 0 Å². The highest BCUT2D eigenvalue weighted by Gasteiger charge is 2.20. The first kappa shape index (κ1) is 13.8. The SMILES string of the molecule is CN1CCC(CN(C)c2ccc(CN)c(Br)c2)C1. The molecule has 100 valence electrons. The maximum absolute atomic E-state index is 5.68. The molecule has 0 saturated carbocycles. The maximum atomic E-state index is 5.68. The lowest BCUT2D eigenvalue weighted by atomic mass is 10.1. The van der Waals surface area contributed by atoms with Gasteiger partial charge in [-0.05, 0) is 43.6 Å². The van der Waals surface area contributed by atoms with Gasteiger partial charge in [-0.3, -0.25) is 0 Å². The molecule has 1 aromatic rings. The van der Waals surface area contributed by atoms with Gasteiger partial charge in [0.05, 0.1) is 0 Å². The fourth-order valence-electron chi connectivity index (χ4n) is 2.61. The third kappa shape index (κ3) is 3.25. The number of hydrogen-bond donors (Lipinski definition) is 1. The largest absolute Gasteiger partial charge is 0.374 e. The smallest absolute Gasteiger partial charge is 0.0375 e. The van der Waals surface area contributed by atoms with Crippen LogP contribution in [0, 0.1) is 5.92 Å². The predicted octanol–water partition coefficient (Wildman–Crippen LogP) is 2.30. The summed E-state index contributed by atoms with van der Waals surface area (Å²) in [5.74, 6) is 0.785. The molecule has 4 heteroatoms. The summed E-state index contributed by atoms with van der Waals surface area (Å²) in [6.07, 6.45) is 1.31. The molecule has 1 fully saturated rings.